The third-order valence-corrected chi connectivity index (χ3v) is 5.49. The molecule has 0 spiro atoms. The van der Waals surface area contributed by atoms with Crippen LogP contribution in [0.1, 0.15) is 59.4 Å². The average Bonchev–Trinajstić information content (AvgIpc) is 2.70. The van der Waals surface area contributed by atoms with E-state index < -0.39 is 5.56 Å². The number of likely N-dealkylation sites (tertiary alicyclic amines) is 1. The second-order valence-corrected chi connectivity index (χ2v) is 7.39. The lowest BCUT2D eigenvalue weighted by Crippen LogP contribution is -2.44. The van der Waals surface area contributed by atoms with Gasteiger partial charge in [0, 0.05) is 25.9 Å². The average molecular weight is 383 g/mol. The van der Waals surface area contributed by atoms with Gasteiger partial charge in [-0.25, -0.2) is 5.10 Å². The number of ether oxygens (including phenoxy) is 1. The first kappa shape index (κ1) is 20.1. The Morgan fingerprint density at radius 2 is 1.82 bits per heavy atom. The molecule has 0 bridgehead atoms. The van der Waals surface area contributed by atoms with E-state index in [9.17, 15) is 9.59 Å². The molecule has 0 unspecified atom stereocenters. The van der Waals surface area contributed by atoms with E-state index in [1.807, 2.05) is 45.9 Å². The fourth-order valence-corrected chi connectivity index (χ4v) is 3.91. The summed E-state index contributed by atoms with van der Waals surface area (Å²) in [5, 5.41) is 6.59. The Morgan fingerprint density at radius 3 is 2.39 bits per heavy atom. The molecule has 6 heteroatoms. The number of hydrogen-bond acceptors (Lipinski definition) is 4. The maximum absolute atomic E-state index is 13.1. The Hall–Kier alpha value is -2.63. The molecule has 150 valence electrons. The predicted molar refractivity (Wildman–Crippen MR) is 109 cm³/mol. The quantitative estimate of drug-likeness (QED) is 0.860. The minimum Gasteiger partial charge on any atom is -0.490 e. The number of H-pyrrole nitrogens is 1. The van der Waals surface area contributed by atoms with Crippen molar-refractivity contribution in [3.05, 3.63) is 56.5 Å². The molecule has 0 aliphatic carbocycles. The Kier molecular flexibility index (Phi) is 6.17. The summed E-state index contributed by atoms with van der Waals surface area (Å²) in [5.41, 5.74) is 3.67. The lowest BCUT2D eigenvalue weighted by atomic mass is 10.0. The van der Waals surface area contributed by atoms with Crippen LogP contribution in [0, 0.1) is 13.8 Å². The number of amides is 1. The maximum Gasteiger partial charge on any atom is 0.277 e. The number of para-hydroxylation sites is 1. The highest BCUT2D eigenvalue weighted by atomic mass is 16.5. The molecular formula is C22H29N3O3. The van der Waals surface area contributed by atoms with Gasteiger partial charge in [0.05, 0.1) is 5.69 Å². The number of nitrogens with zero attached hydrogens (tertiary/aromatic N) is 2. The predicted octanol–water partition coefficient (Wildman–Crippen LogP) is 3.20. The normalized spacial score (nSPS) is 14.9. The molecule has 3 rings (SSSR count). The van der Waals surface area contributed by atoms with Gasteiger partial charge in [0.25, 0.3) is 11.5 Å². The van der Waals surface area contributed by atoms with Gasteiger partial charge < -0.3 is 9.64 Å². The summed E-state index contributed by atoms with van der Waals surface area (Å²) in [5.74, 6) is 0.749. The molecule has 28 heavy (non-hydrogen) atoms. The molecule has 2 aromatic rings. The van der Waals surface area contributed by atoms with Crippen LogP contribution in [0.3, 0.4) is 0 Å². The SMILES string of the molecule is CCc1n[nH]c(=O)c(C(=O)N2CCC(Oc3c(C)cccc3C)CC2)c1CC. The Morgan fingerprint density at radius 1 is 1.18 bits per heavy atom. The van der Waals surface area contributed by atoms with E-state index in [4.69, 9.17) is 4.74 Å². The van der Waals surface area contributed by atoms with Crippen LogP contribution < -0.4 is 10.3 Å². The van der Waals surface area contributed by atoms with Gasteiger partial charge in [-0.05, 0) is 43.4 Å². The molecule has 1 aromatic carbocycles. The van der Waals surface area contributed by atoms with Crippen molar-refractivity contribution in [2.24, 2.45) is 0 Å². The molecule has 1 aliphatic rings. The van der Waals surface area contributed by atoms with Crippen LogP contribution in [0.5, 0.6) is 5.75 Å². The minimum absolute atomic E-state index is 0.0800. The maximum atomic E-state index is 13.1. The highest BCUT2D eigenvalue weighted by Gasteiger charge is 2.29. The van der Waals surface area contributed by atoms with E-state index in [-0.39, 0.29) is 17.6 Å². The molecule has 6 nitrogen and oxygen atoms in total. The van der Waals surface area contributed by atoms with E-state index >= 15 is 0 Å². The van der Waals surface area contributed by atoms with E-state index in [2.05, 4.69) is 10.2 Å². The molecule has 2 heterocycles. The number of nitrogens with one attached hydrogen (secondary N) is 1. The van der Waals surface area contributed by atoms with Gasteiger partial charge in [0.2, 0.25) is 0 Å². The summed E-state index contributed by atoms with van der Waals surface area (Å²) in [6, 6.07) is 6.13. The van der Waals surface area contributed by atoms with Crippen molar-refractivity contribution in [2.45, 2.75) is 59.5 Å². The van der Waals surface area contributed by atoms with Crippen LogP contribution in [0.15, 0.2) is 23.0 Å². The third-order valence-electron chi connectivity index (χ3n) is 5.49. The highest BCUT2D eigenvalue weighted by molar-refractivity contribution is 5.95. The summed E-state index contributed by atoms with van der Waals surface area (Å²) in [7, 11) is 0. The van der Waals surface area contributed by atoms with Gasteiger partial charge >= 0.3 is 0 Å². The lowest BCUT2D eigenvalue weighted by Gasteiger charge is -2.33. The van der Waals surface area contributed by atoms with Crippen LogP contribution in [-0.2, 0) is 12.8 Å². The second kappa shape index (κ2) is 8.59. The molecular weight excluding hydrogens is 354 g/mol. The third kappa shape index (κ3) is 3.96. The van der Waals surface area contributed by atoms with Crippen LogP contribution in [0.4, 0.5) is 0 Å². The topological polar surface area (TPSA) is 75.3 Å². The smallest absolute Gasteiger partial charge is 0.277 e. The summed E-state index contributed by atoms with van der Waals surface area (Å²) < 4.78 is 6.24. The van der Waals surface area contributed by atoms with Crippen molar-refractivity contribution < 1.29 is 9.53 Å². The van der Waals surface area contributed by atoms with Crippen molar-refractivity contribution in [2.75, 3.05) is 13.1 Å². The van der Waals surface area contributed by atoms with E-state index in [1.165, 1.54) is 0 Å². The first-order valence-electron chi connectivity index (χ1n) is 10.1. The van der Waals surface area contributed by atoms with Gasteiger partial charge in [-0.3, -0.25) is 9.59 Å². The Labute approximate surface area is 165 Å². The molecule has 1 saturated heterocycles. The van der Waals surface area contributed by atoms with Gasteiger partial charge in [-0.15, -0.1) is 0 Å². The molecule has 1 aliphatic heterocycles. The van der Waals surface area contributed by atoms with Crippen LogP contribution in [0.2, 0.25) is 0 Å². The molecule has 0 radical (unpaired) electrons. The molecule has 1 N–H and O–H groups in total. The van der Waals surface area contributed by atoms with Crippen molar-refractivity contribution in [1.82, 2.24) is 15.1 Å². The number of aryl methyl sites for hydroxylation is 3. The van der Waals surface area contributed by atoms with Crippen molar-refractivity contribution in [1.29, 1.82) is 0 Å². The second-order valence-electron chi connectivity index (χ2n) is 7.39. The number of aromatic nitrogens is 2. The van der Waals surface area contributed by atoms with E-state index in [0.29, 0.717) is 25.9 Å². The zero-order valence-electron chi connectivity index (χ0n) is 17.2. The fraction of sp³-hybridized carbons (Fsp3) is 0.500. The van der Waals surface area contributed by atoms with Gasteiger partial charge in [-0.1, -0.05) is 32.0 Å². The molecule has 1 amide bonds. The first-order chi connectivity index (χ1) is 13.5. The van der Waals surface area contributed by atoms with Gasteiger partial charge in [0.1, 0.15) is 17.4 Å². The number of piperidine rings is 1. The summed E-state index contributed by atoms with van der Waals surface area (Å²) in [6.45, 7) is 9.20. The monoisotopic (exact) mass is 383 g/mol. The number of benzene rings is 1. The summed E-state index contributed by atoms with van der Waals surface area (Å²) in [6.07, 6.45) is 2.89. The van der Waals surface area contributed by atoms with Crippen molar-refractivity contribution >= 4 is 5.91 Å². The summed E-state index contributed by atoms with van der Waals surface area (Å²) >= 11 is 0. The molecule has 0 atom stereocenters. The Bertz CT molecular complexity index is 891. The van der Waals surface area contributed by atoms with Gasteiger partial charge in [0.15, 0.2) is 0 Å². The number of hydrogen-bond donors (Lipinski definition) is 1. The fourth-order valence-electron chi connectivity index (χ4n) is 3.91. The number of carbonyl (C=O) groups excluding carboxylic acids is 1. The first-order valence-corrected chi connectivity index (χ1v) is 10.1. The standard InChI is InChI=1S/C22H29N3O3/c1-5-17-18(6-2)23-24-21(26)19(17)22(27)25-12-10-16(11-13-25)28-20-14(3)8-7-9-15(20)4/h7-9,16H,5-6,10-13H2,1-4H3,(H,24,26). The largest absolute Gasteiger partial charge is 0.490 e. The minimum atomic E-state index is -0.395. The Balaban J connectivity index is 1.72. The van der Waals surface area contributed by atoms with Crippen molar-refractivity contribution in [3.63, 3.8) is 0 Å². The number of carbonyl (C=O) groups is 1. The number of rotatable bonds is 5. The summed E-state index contributed by atoms with van der Waals surface area (Å²) in [4.78, 5) is 27.2. The van der Waals surface area contributed by atoms with Crippen LogP contribution >= 0.6 is 0 Å². The molecule has 1 fully saturated rings. The molecule has 1 aromatic heterocycles. The highest BCUT2D eigenvalue weighted by Crippen LogP contribution is 2.27. The van der Waals surface area contributed by atoms with Crippen LogP contribution in [-0.4, -0.2) is 40.2 Å². The lowest BCUT2D eigenvalue weighted by molar-refractivity contribution is 0.0590. The van der Waals surface area contributed by atoms with Crippen LogP contribution in [0.25, 0.3) is 0 Å². The van der Waals surface area contributed by atoms with Gasteiger partial charge in [-0.2, -0.15) is 5.10 Å². The zero-order chi connectivity index (χ0) is 20.3. The zero-order valence-corrected chi connectivity index (χ0v) is 17.2. The molecule has 0 saturated carbocycles. The van der Waals surface area contributed by atoms with E-state index in [1.54, 1.807) is 4.90 Å². The van der Waals surface area contributed by atoms with E-state index in [0.717, 1.165) is 41.0 Å². The number of aromatic amines is 1. The van der Waals surface area contributed by atoms with Crippen molar-refractivity contribution in [3.8, 4) is 5.75 Å².